The van der Waals surface area contributed by atoms with Crippen LogP contribution in [0.25, 0.3) is 10.8 Å². The van der Waals surface area contributed by atoms with E-state index in [1.165, 1.54) is 18.2 Å². The highest BCUT2D eigenvalue weighted by Crippen LogP contribution is 2.34. The lowest BCUT2D eigenvalue weighted by atomic mass is 10.1. The van der Waals surface area contributed by atoms with Crippen molar-refractivity contribution in [3.63, 3.8) is 0 Å². The fraction of sp³-hybridized carbons (Fsp3) is 0.400. The second-order valence-corrected chi connectivity index (χ2v) is 4.93. The van der Waals surface area contributed by atoms with E-state index in [9.17, 15) is 0 Å². The quantitative estimate of drug-likeness (QED) is 0.892. The van der Waals surface area contributed by atoms with E-state index in [1.54, 1.807) is 7.11 Å². The first kappa shape index (κ1) is 12.2. The van der Waals surface area contributed by atoms with E-state index in [-0.39, 0.29) is 0 Å². The fourth-order valence-corrected chi connectivity index (χ4v) is 2.48. The zero-order valence-corrected chi connectivity index (χ0v) is 11.2. The van der Waals surface area contributed by atoms with E-state index in [0.717, 1.165) is 23.5 Å². The molecule has 1 aromatic heterocycles. The molecular weight excluding hydrogens is 238 g/mol. The number of pyridine rings is 1. The molecule has 0 radical (unpaired) electrons. The summed E-state index contributed by atoms with van der Waals surface area (Å²) in [5, 5.41) is 2.33. The molecule has 4 nitrogen and oxygen atoms in total. The van der Waals surface area contributed by atoms with Gasteiger partial charge in [-0.2, -0.15) is 0 Å². The molecule has 1 aliphatic carbocycles. The molecule has 0 spiro atoms. The number of hydrogen-bond donors (Lipinski definition) is 1. The van der Waals surface area contributed by atoms with Gasteiger partial charge in [0.05, 0.1) is 7.11 Å². The predicted octanol–water partition coefficient (Wildman–Crippen LogP) is 2.17. The molecule has 2 aromatic rings. The third-order valence-corrected chi connectivity index (χ3v) is 3.58. The highest BCUT2D eigenvalue weighted by molar-refractivity contribution is 5.93. The summed E-state index contributed by atoms with van der Waals surface area (Å²) in [4.78, 5) is 6.91. The molecule has 3 rings (SSSR count). The number of nitrogens with zero attached hydrogens (tertiary/aromatic N) is 2. The Morgan fingerprint density at radius 3 is 2.89 bits per heavy atom. The molecule has 19 heavy (non-hydrogen) atoms. The lowest BCUT2D eigenvalue weighted by Crippen LogP contribution is -2.32. The number of hydrogen-bond acceptors (Lipinski definition) is 4. The second kappa shape index (κ2) is 5.05. The van der Waals surface area contributed by atoms with Crippen LogP contribution in [0.5, 0.6) is 5.75 Å². The number of fused-ring (bicyclic) bond motifs is 1. The summed E-state index contributed by atoms with van der Waals surface area (Å²) >= 11 is 0. The van der Waals surface area contributed by atoms with Crippen LogP contribution < -0.4 is 15.4 Å². The van der Waals surface area contributed by atoms with Crippen molar-refractivity contribution < 1.29 is 4.74 Å². The highest BCUT2D eigenvalue weighted by Gasteiger charge is 2.30. The summed E-state index contributed by atoms with van der Waals surface area (Å²) in [6.07, 6.45) is 4.35. The van der Waals surface area contributed by atoms with Crippen molar-refractivity contribution in [2.75, 3.05) is 25.1 Å². The topological polar surface area (TPSA) is 51.4 Å². The van der Waals surface area contributed by atoms with Gasteiger partial charge in [0, 0.05) is 30.7 Å². The zero-order chi connectivity index (χ0) is 13.2. The maximum absolute atomic E-state index is 5.73. The van der Waals surface area contributed by atoms with Crippen molar-refractivity contribution in [1.82, 2.24) is 4.98 Å². The summed E-state index contributed by atoms with van der Waals surface area (Å²) in [7, 11) is 1.69. The van der Waals surface area contributed by atoms with Crippen LogP contribution in [0.3, 0.4) is 0 Å². The van der Waals surface area contributed by atoms with Gasteiger partial charge in [-0.3, -0.25) is 0 Å². The Morgan fingerprint density at radius 2 is 2.21 bits per heavy atom. The number of nitrogens with two attached hydrogens (primary N) is 1. The number of ether oxygens (including phenoxy) is 1. The first-order valence-corrected chi connectivity index (χ1v) is 6.73. The van der Waals surface area contributed by atoms with Crippen LogP contribution in [0.1, 0.15) is 12.8 Å². The highest BCUT2D eigenvalue weighted by atomic mass is 16.5. The van der Waals surface area contributed by atoms with Gasteiger partial charge in [-0.1, -0.05) is 0 Å². The van der Waals surface area contributed by atoms with Gasteiger partial charge in [-0.15, -0.1) is 0 Å². The van der Waals surface area contributed by atoms with Crippen molar-refractivity contribution >= 4 is 16.6 Å². The molecule has 0 unspecified atom stereocenters. The van der Waals surface area contributed by atoms with Crippen LogP contribution in [0, 0.1) is 0 Å². The predicted molar refractivity (Wildman–Crippen MR) is 77.7 cm³/mol. The lowest BCUT2D eigenvalue weighted by molar-refractivity contribution is 0.415. The monoisotopic (exact) mass is 257 g/mol. The van der Waals surface area contributed by atoms with Crippen LogP contribution in [-0.4, -0.2) is 31.2 Å². The summed E-state index contributed by atoms with van der Waals surface area (Å²) in [5.74, 6) is 1.93. The smallest absolute Gasteiger partial charge is 0.136 e. The molecule has 0 saturated heterocycles. The Hall–Kier alpha value is -1.81. The lowest BCUT2D eigenvalue weighted by Gasteiger charge is -2.24. The number of anilines is 1. The molecule has 2 N–H and O–H groups in total. The average molecular weight is 257 g/mol. The van der Waals surface area contributed by atoms with Gasteiger partial charge < -0.3 is 15.4 Å². The van der Waals surface area contributed by atoms with Gasteiger partial charge in [0.1, 0.15) is 11.6 Å². The average Bonchev–Trinajstić information content (AvgIpc) is 3.28. The molecule has 0 atom stereocenters. The van der Waals surface area contributed by atoms with Crippen molar-refractivity contribution in [3.8, 4) is 5.75 Å². The van der Waals surface area contributed by atoms with Crippen LogP contribution in [0.2, 0.25) is 0 Å². The van der Waals surface area contributed by atoms with Crippen molar-refractivity contribution in [3.05, 3.63) is 30.5 Å². The van der Waals surface area contributed by atoms with E-state index < -0.39 is 0 Å². The number of aromatic nitrogens is 1. The zero-order valence-electron chi connectivity index (χ0n) is 11.2. The van der Waals surface area contributed by atoms with Crippen LogP contribution in [0.15, 0.2) is 30.5 Å². The third kappa shape index (κ3) is 2.36. The van der Waals surface area contributed by atoms with Crippen LogP contribution >= 0.6 is 0 Å². The van der Waals surface area contributed by atoms with Gasteiger partial charge in [0.2, 0.25) is 0 Å². The Labute approximate surface area is 113 Å². The van der Waals surface area contributed by atoms with E-state index in [2.05, 4.69) is 16.0 Å². The minimum atomic E-state index is 0.615. The molecular formula is C15H19N3O. The Balaban J connectivity index is 2.06. The summed E-state index contributed by atoms with van der Waals surface area (Å²) < 4.78 is 5.28. The molecule has 0 bridgehead atoms. The largest absolute Gasteiger partial charge is 0.497 e. The standard InChI is InChI=1S/C15H19N3O/c1-19-13-4-5-14-11(10-13)6-8-17-15(14)18(9-7-16)12-2-3-12/h4-6,8,10,12H,2-3,7,9,16H2,1H3. The third-order valence-electron chi connectivity index (χ3n) is 3.58. The summed E-state index contributed by atoms with van der Waals surface area (Å²) in [6.45, 7) is 1.52. The number of methoxy groups -OCH3 is 1. The summed E-state index contributed by atoms with van der Waals surface area (Å²) in [5.41, 5.74) is 5.73. The molecule has 1 heterocycles. The van der Waals surface area contributed by atoms with Gasteiger partial charge >= 0.3 is 0 Å². The molecule has 100 valence electrons. The maximum atomic E-state index is 5.73. The SMILES string of the molecule is COc1ccc2c(N(CCN)C3CC3)nccc2c1. The molecule has 0 amide bonds. The Bertz CT molecular complexity index is 581. The number of benzene rings is 1. The van der Waals surface area contributed by atoms with Crippen molar-refractivity contribution in [2.24, 2.45) is 5.73 Å². The number of rotatable bonds is 5. The Morgan fingerprint density at radius 1 is 1.37 bits per heavy atom. The molecule has 0 aliphatic heterocycles. The van der Waals surface area contributed by atoms with Crippen molar-refractivity contribution in [2.45, 2.75) is 18.9 Å². The first-order valence-electron chi connectivity index (χ1n) is 6.73. The molecule has 1 saturated carbocycles. The van der Waals surface area contributed by atoms with Gasteiger partial charge in [-0.25, -0.2) is 4.98 Å². The van der Waals surface area contributed by atoms with E-state index >= 15 is 0 Å². The maximum Gasteiger partial charge on any atom is 0.136 e. The Kier molecular flexibility index (Phi) is 3.25. The second-order valence-electron chi connectivity index (χ2n) is 4.93. The van der Waals surface area contributed by atoms with Crippen LogP contribution in [-0.2, 0) is 0 Å². The van der Waals surface area contributed by atoms with Crippen molar-refractivity contribution in [1.29, 1.82) is 0 Å². The van der Waals surface area contributed by atoms with E-state index in [4.69, 9.17) is 10.5 Å². The van der Waals surface area contributed by atoms with Gasteiger partial charge in [0.25, 0.3) is 0 Å². The van der Waals surface area contributed by atoms with Gasteiger partial charge in [-0.05, 0) is 42.5 Å². The van der Waals surface area contributed by atoms with E-state index in [0.29, 0.717) is 12.6 Å². The van der Waals surface area contributed by atoms with E-state index in [1.807, 2.05) is 24.4 Å². The molecule has 1 fully saturated rings. The minimum Gasteiger partial charge on any atom is -0.497 e. The van der Waals surface area contributed by atoms with Crippen LogP contribution in [0.4, 0.5) is 5.82 Å². The summed E-state index contributed by atoms with van der Waals surface area (Å²) in [6, 6.07) is 8.76. The molecule has 1 aliphatic rings. The fourth-order valence-electron chi connectivity index (χ4n) is 2.48. The molecule has 4 heteroatoms. The molecule has 1 aromatic carbocycles. The normalized spacial score (nSPS) is 14.6. The van der Waals surface area contributed by atoms with Gasteiger partial charge in [0.15, 0.2) is 0 Å². The minimum absolute atomic E-state index is 0.615. The first-order chi connectivity index (χ1) is 9.33.